The van der Waals surface area contributed by atoms with Gasteiger partial charge in [-0.2, -0.15) is 0 Å². The lowest BCUT2D eigenvalue weighted by molar-refractivity contribution is 1.48. The van der Waals surface area contributed by atoms with Crippen molar-refractivity contribution in [2.75, 3.05) is 0 Å². The zero-order chi connectivity index (χ0) is 9.42. The smallest absolute Gasteiger partial charge is 0.0488 e. The maximum Gasteiger partial charge on any atom is 0.0488 e. The van der Waals surface area contributed by atoms with E-state index in [1.807, 2.05) is 6.07 Å². The van der Waals surface area contributed by atoms with E-state index in [0.29, 0.717) is 5.88 Å². The van der Waals surface area contributed by atoms with E-state index in [1.165, 1.54) is 15.6 Å². The van der Waals surface area contributed by atoms with Crippen LogP contribution in [0.1, 0.15) is 5.56 Å². The summed E-state index contributed by atoms with van der Waals surface area (Å²) in [6.07, 6.45) is 0. The van der Waals surface area contributed by atoms with Crippen LogP contribution in [-0.4, -0.2) is 0 Å². The molecule has 1 aromatic carbocycles. The third-order valence-corrected chi connectivity index (χ3v) is 4.17. The van der Waals surface area contributed by atoms with Crippen molar-refractivity contribution in [1.82, 2.24) is 0 Å². The maximum absolute atomic E-state index is 5.82. The minimum Gasteiger partial charge on any atom is -0.142 e. The van der Waals surface area contributed by atoms with Gasteiger partial charge in [0, 0.05) is 19.9 Å². The van der Waals surface area contributed by atoms with Crippen molar-refractivity contribution >= 4 is 61.6 Å². The Labute approximate surface area is 99.4 Å². The molecule has 0 aliphatic heterocycles. The Kier molecular flexibility index (Phi) is 2.88. The Morgan fingerprint density at radius 1 is 1.46 bits per heavy atom. The molecule has 2 rings (SSSR count). The van der Waals surface area contributed by atoms with Crippen LogP contribution in [0.15, 0.2) is 26.9 Å². The molecule has 0 unspecified atom stereocenters. The molecule has 0 amide bonds. The van der Waals surface area contributed by atoms with Crippen molar-refractivity contribution in [2.24, 2.45) is 0 Å². The average molecular weight is 294 g/mol. The van der Waals surface area contributed by atoms with Crippen molar-refractivity contribution in [3.8, 4) is 0 Å². The summed E-state index contributed by atoms with van der Waals surface area (Å²) in [5.74, 6) is 0.559. The molecule has 13 heavy (non-hydrogen) atoms. The number of thiol groups is 1. The summed E-state index contributed by atoms with van der Waals surface area (Å²) in [5.41, 5.74) is 1.18. The number of benzene rings is 1. The second-order valence-corrected chi connectivity index (χ2v) is 5.24. The van der Waals surface area contributed by atoms with Gasteiger partial charge in [0.15, 0.2) is 0 Å². The maximum atomic E-state index is 5.82. The molecule has 0 radical (unpaired) electrons. The van der Waals surface area contributed by atoms with Gasteiger partial charge in [0.05, 0.1) is 0 Å². The Bertz CT molecular complexity index is 450. The summed E-state index contributed by atoms with van der Waals surface area (Å²) in [7, 11) is 0. The molecule has 0 aliphatic rings. The minimum atomic E-state index is 0.559. The first-order chi connectivity index (χ1) is 6.22. The van der Waals surface area contributed by atoms with Gasteiger partial charge in [-0.3, -0.25) is 0 Å². The molecule has 0 fully saturated rings. The van der Waals surface area contributed by atoms with E-state index >= 15 is 0 Å². The van der Waals surface area contributed by atoms with Gasteiger partial charge < -0.3 is 0 Å². The van der Waals surface area contributed by atoms with Crippen molar-refractivity contribution in [1.29, 1.82) is 0 Å². The monoisotopic (exact) mass is 292 g/mol. The SMILES string of the molecule is Sc1cc(Br)cc2c(CCl)csc12. The highest BCUT2D eigenvalue weighted by Crippen LogP contribution is 2.34. The Morgan fingerprint density at radius 3 is 2.92 bits per heavy atom. The van der Waals surface area contributed by atoms with Gasteiger partial charge in [-0.25, -0.2) is 0 Å². The van der Waals surface area contributed by atoms with E-state index in [0.717, 1.165) is 9.37 Å². The first-order valence-corrected chi connectivity index (χ1v) is 6.32. The number of rotatable bonds is 1. The molecule has 0 saturated heterocycles. The lowest BCUT2D eigenvalue weighted by Crippen LogP contribution is -1.74. The van der Waals surface area contributed by atoms with Gasteiger partial charge in [0.1, 0.15) is 0 Å². The van der Waals surface area contributed by atoms with E-state index in [1.54, 1.807) is 11.3 Å². The molecule has 1 aromatic heterocycles. The highest BCUT2D eigenvalue weighted by Gasteiger charge is 2.06. The summed E-state index contributed by atoms with van der Waals surface area (Å²) < 4.78 is 2.26. The number of fused-ring (bicyclic) bond motifs is 1. The first-order valence-electron chi connectivity index (χ1n) is 3.67. The van der Waals surface area contributed by atoms with Crippen LogP contribution in [-0.2, 0) is 5.88 Å². The van der Waals surface area contributed by atoms with E-state index < -0.39 is 0 Å². The van der Waals surface area contributed by atoms with Crippen LogP contribution in [0.2, 0.25) is 0 Å². The fraction of sp³-hybridized carbons (Fsp3) is 0.111. The van der Waals surface area contributed by atoms with Crippen molar-refractivity contribution in [3.05, 3.63) is 27.5 Å². The number of thiophene rings is 1. The molecule has 0 nitrogen and oxygen atoms in total. The molecule has 1 heterocycles. The molecule has 68 valence electrons. The van der Waals surface area contributed by atoms with Gasteiger partial charge in [-0.15, -0.1) is 35.6 Å². The average Bonchev–Trinajstić information content (AvgIpc) is 2.47. The van der Waals surface area contributed by atoms with Crippen LogP contribution in [0.25, 0.3) is 10.1 Å². The Balaban J connectivity index is 2.82. The molecule has 0 N–H and O–H groups in total. The molecular formula is C9H6BrClS2. The zero-order valence-electron chi connectivity index (χ0n) is 6.55. The first kappa shape index (κ1) is 9.84. The van der Waals surface area contributed by atoms with E-state index in [2.05, 4.69) is 40.0 Å². The molecule has 0 bridgehead atoms. The van der Waals surface area contributed by atoms with Gasteiger partial charge >= 0.3 is 0 Å². The molecule has 0 atom stereocenters. The van der Waals surface area contributed by atoms with Crippen molar-refractivity contribution in [2.45, 2.75) is 10.8 Å². The Morgan fingerprint density at radius 2 is 2.23 bits per heavy atom. The molecule has 2 aromatic rings. The summed E-state index contributed by atoms with van der Waals surface area (Å²) >= 11 is 15.4. The fourth-order valence-corrected chi connectivity index (χ4v) is 3.57. The van der Waals surface area contributed by atoms with Gasteiger partial charge in [0.2, 0.25) is 0 Å². The van der Waals surface area contributed by atoms with Gasteiger partial charge in [0.25, 0.3) is 0 Å². The second-order valence-electron chi connectivity index (χ2n) is 2.70. The van der Waals surface area contributed by atoms with E-state index in [4.69, 9.17) is 11.6 Å². The zero-order valence-corrected chi connectivity index (χ0v) is 10.6. The van der Waals surface area contributed by atoms with Crippen LogP contribution < -0.4 is 0 Å². The molecule has 4 heteroatoms. The van der Waals surface area contributed by atoms with Crippen LogP contribution in [0.4, 0.5) is 0 Å². The quantitative estimate of drug-likeness (QED) is 0.572. The van der Waals surface area contributed by atoms with Crippen LogP contribution >= 0.6 is 51.5 Å². The predicted octanol–water partition coefficient (Wildman–Crippen LogP) is 4.69. The van der Waals surface area contributed by atoms with Crippen LogP contribution in [0, 0.1) is 0 Å². The van der Waals surface area contributed by atoms with Crippen molar-refractivity contribution < 1.29 is 0 Å². The summed E-state index contributed by atoms with van der Waals surface area (Å²) in [6, 6.07) is 4.09. The summed E-state index contributed by atoms with van der Waals surface area (Å²) in [6.45, 7) is 0. The fourth-order valence-electron chi connectivity index (χ4n) is 1.24. The molecular weight excluding hydrogens is 288 g/mol. The standard InChI is InChI=1S/C9H6BrClS2/c10-6-1-7-5(3-11)4-13-9(7)8(12)2-6/h1-2,4,12H,3H2. The predicted molar refractivity (Wildman–Crippen MR) is 66.3 cm³/mol. The topological polar surface area (TPSA) is 0 Å². The van der Waals surface area contributed by atoms with Crippen LogP contribution in [0.5, 0.6) is 0 Å². The van der Waals surface area contributed by atoms with E-state index in [9.17, 15) is 0 Å². The number of alkyl halides is 1. The van der Waals surface area contributed by atoms with E-state index in [-0.39, 0.29) is 0 Å². The third kappa shape index (κ3) is 1.75. The molecule has 0 spiro atoms. The highest BCUT2D eigenvalue weighted by atomic mass is 79.9. The number of hydrogen-bond acceptors (Lipinski definition) is 2. The molecule has 0 saturated carbocycles. The number of hydrogen-bond donors (Lipinski definition) is 1. The van der Waals surface area contributed by atoms with Crippen molar-refractivity contribution in [3.63, 3.8) is 0 Å². The summed E-state index contributed by atoms with van der Waals surface area (Å²) in [4.78, 5) is 1.01. The molecule has 0 aliphatic carbocycles. The normalized spacial score (nSPS) is 11.0. The number of halogens is 2. The van der Waals surface area contributed by atoms with Gasteiger partial charge in [-0.1, -0.05) is 15.9 Å². The second kappa shape index (κ2) is 3.81. The highest BCUT2D eigenvalue weighted by molar-refractivity contribution is 9.10. The third-order valence-electron chi connectivity index (χ3n) is 1.84. The van der Waals surface area contributed by atoms with Gasteiger partial charge in [-0.05, 0) is 28.5 Å². The lowest BCUT2D eigenvalue weighted by atomic mass is 10.2. The van der Waals surface area contributed by atoms with Crippen LogP contribution in [0.3, 0.4) is 0 Å². The largest absolute Gasteiger partial charge is 0.142 e. The lowest BCUT2D eigenvalue weighted by Gasteiger charge is -1.98. The minimum absolute atomic E-state index is 0.559. The Hall–Kier alpha value is 0.300. The summed E-state index contributed by atoms with van der Waals surface area (Å²) in [5, 5.41) is 3.29.